The Balaban J connectivity index is 2.19. The number of carboxylic acids is 1. The minimum Gasteiger partial charge on any atom is -0.497 e. The monoisotopic (exact) mass is 289 g/mol. The number of rotatable bonds is 6. The number of hydrogen-bond acceptors (Lipinski definition) is 5. The van der Waals surface area contributed by atoms with Crippen molar-refractivity contribution in [2.45, 2.75) is 6.61 Å². The number of carbonyl (C=O) groups is 1. The van der Waals surface area contributed by atoms with E-state index in [0.717, 1.165) is 0 Å². The van der Waals surface area contributed by atoms with Gasteiger partial charge < -0.3 is 19.3 Å². The smallest absolute Gasteiger partial charge is 0.339 e. The summed E-state index contributed by atoms with van der Waals surface area (Å²) in [4.78, 5) is 15.4. The summed E-state index contributed by atoms with van der Waals surface area (Å²) < 4.78 is 15.6. The second-order valence-electron chi connectivity index (χ2n) is 4.13. The number of hydrogen-bond donors (Lipinski definition) is 1. The molecule has 1 heterocycles. The number of nitrogens with zero attached hydrogens (tertiary/aromatic N) is 1. The van der Waals surface area contributed by atoms with Crippen LogP contribution in [0.5, 0.6) is 17.4 Å². The fraction of sp³-hybridized carbons (Fsp3) is 0.200. The van der Waals surface area contributed by atoms with E-state index in [9.17, 15) is 4.79 Å². The van der Waals surface area contributed by atoms with Gasteiger partial charge in [-0.25, -0.2) is 9.78 Å². The Labute approximate surface area is 121 Å². The molecule has 0 spiro atoms. The minimum atomic E-state index is -1.06. The van der Waals surface area contributed by atoms with E-state index in [1.807, 2.05) is 0 Å². The highest BCUT2D eigenvalue weighted by Crippen LogP contribution is 2.25. The van der Waals surface area contributed by atoms with Gasteiger partial charge in [0, 0.05) is 12.1 Å². The molecule has 1 aromatic carbocycles. The molecule has 0 atom stereocenters. The van der Waals surface area contributed by atoms with Gasteiger partial charge in [0.05, 0.1) is 19.9 Å². The maximum atomic E-state index is 11.2. The van der Waals surface area contributed by atoms with Crippen LogP contribution in [0.4, 0.5) is 0 Å². The maximum absolute atomic E-state index is 11.2. The number of benzene rings is 1. The summed E-state index contributed by atoms with van der Waals surface area (Å²) in [5.74, 6) is 0.159. The van der Waals surface area contributed by atoms with Gasteiger partial charge in [-0.15, -0.1) is 0 Å². The summed E-state index contributed by atoms with van der Waals surface area (Å²) in [5, 5.41) is 9.15. The average Bonchev–Trinajstić information content (AvgIpc) is 2.52. The fourth-order valence-corrected chi connectivity index (χ4v) is 1.73. The first-order chi connectivity index (χ1) is 10.1. The van der Waals surface area contributed by atoms with Gasteiger partial charge in [-0.1, -0.05) is 6.07 Å². The Bertz CT molecular complexity index is 642. The molecule has 0 aliphatic carbocycles. The van der Waals surface area contributed by atoms with Crippen molar-refractivity contribution in [2.75, 3.05) is 14.2 Å². The number of aromatic carboxylic acids is 1. The van der Waals surface area contributed by atoms with Gasteiger partial charge in [0.2, 0.25) is 5.88 Å². The van der Waals surface area contributed by atoms with Crippen LogP contribution in [0, 0.1) is 0 Å². The highest BCUT2D eigenvalue weighted by molar-refractivity contribution is 5.91. The van der Waals surface area contributed by atoms with Crippen LogP contribution >= 0.6 is 0 Å². The molecule has 6 nitrogen and oxygen atoms in total. The lowest BCUT2D eigenvalue weighted by Gasteiger charge is -2.11. The molecule has 1 aromatic heterocycles. The standard InChI is InChI=1S/C15H15NO5/c1-19-11-6-7-12(15(17)18)13(8-11)21-9-10-4-3-5-14(16-10)20-2/h3-8H,9H2,1-2H3,(H,17,18). The Kier molecular flexibility index (Phi) is 4.61. The molecule has 6 heteroatoms. The molecule has 0 saturated heterocycles. The van der Waals surface area contributed by atoms with Crippen molar-refractivity contribution in [1.82, 2.24) is 4.98 Å². The molecule has 0 aliphatic rings. The van der Waals surface area contributed by atoms with Crippen molar-refractivity contribution >= 4 is 5.97 Å². The zero-order chi connectivity index (χ0) is 15.2. The second-order valence-corrected chi connectivity index (χ2v) is 4.13. The normalized spacial score (nSPS) is 10.0. The van der Waals surface area contributed by atoms with Crippen LogP contribution in [0.25, 0.3) is 0 Å². The topological polar surface area (TPSA) is 77.9 Å². The third-order valence-electron chi connectivity index (χ3n) is 2.79. The van der Waals surface area contributed by atoms with Crippen LogP contribution in [0.2, 0.25) is 0 Å². The SMILES string of the molecule is COc1ccc(C(=O)O)c(OCc2cccc(OC)n2)c1. The first-order valence-electron chi connectivity index (χ1n) is 6.18. The molecule has 0 amide bonds. The lowest BCUT2D eigenvalue weighted by molar-refractivity contribution is 0.0691. The van der Waals surface area contributed by atoms with Crippen LogP contribution < -0.4 is 14.2 Å². The second kappa shape index (κ2) is 6.60. The zero-order valence-corrected chi connectivity index (χ0v) is 11.7. The highest BCUT2D eigenvalue weighted by Gasteiger charge is 2.13. The van der Waals surface area contributed by atoms with E-state index in [2.05, 4.69) is 4.98 Å². The van der Waals surface area contributed by atoms with Crippen molar-refractivity contribution < 1.29 is 24.1 Å². The molecule has 2 rings (SSSR count). The predicted molar refractivity (Wildman–Crippen MR) is 75.1 cm³/mol. The Morgan fingerprint density at radius 3 is 2.67 bits per heavy atom. The Hall–Kier alpha value is -2.76. The quantitative estimate of drug-likeness (QED) is 0.879. The lowest BCUT2D eigenvalue weighted by atomic mass is 10.2. The number of methoxy groups -OCH3 is 2. The summed E-state index contributed by atoms with van der Waals surface area (Å²) in [6.07, 6.45) is 0. The van der Waals surface area contributed by atoms with E-state index in [1.54, 1.807) is 24.3 Å². The van der Waals surface area contributed by atoms with Gasteiger partial charge in [0.25, 0.3) is 0 Å². The van der Waals surface area contributed by atoms with E-state index < -0.39 is 5.97 Å². The van der Waals surface area contributed by atoms with Crippen LogP contribution in [0.15, 0.2) is 36.4 Å². The van der Waals surface area contributed by atoms with Gasteiger partial charge in [0.15, 0.2) is 0 Å². The van der Waals surface area contributed by atoms with E-state index in [1.165, 1.54) is 26.4 Å². The molecular formula is C15H15NO5. The molecule has 0 saturated carbocycles. The molecule has 1 N–H and O–H groups in total. The minimum absolute atomic E-state index is 0.0682. The molecule has 0 radical (unpaired) electrons. The van der Waals surface area contributed by atoms with Gasteiger partial charge >= 0.3 is 5.97 Å². The number of aromatic nitrogens is 1. The Morgan fingerprint density at radius 1 is 1.19 bits per heavy atom. The van der Waals surface area contributed by atoms with Crippen LogP contribution in [-0.4, -0.2) is 30.3 Å². The van der Waals surface area contributed by atoms with E-state index in [0.29, 0.717) is 17.3 Å². The average molecular weight is 289 g/mol. The van der Waals surface area contributed by atoms with E-state index >= 15 is 0 Å². The van der Waals surface area contributed by atoms with Crippen molar-refractivity contribution in [2.24, 2.45) is 0 Å². The Morgan fingerprint density at radius 2 is 2.00 bits per heavy atom. The summed E-state index contributed by atoms with van der Waals surface area (Å²) in [7, 11) is 3.03. The molecule has 0 unspecified atom stereocenters. The molecule has 2 aromatic rings. The zero-order valence-electron chi connectivity index (χ0n) is 11.7. The molecule has 0 bridgehead atoms. The van der Waals surface area contributed by atoms with Gasteiger partial charge in [-0.05, 0) is 18.2 Å². The maximum Gasteiger partial charge on any atom is 0.339 e. The van der Waals surface area contributed by atoms with E-state index in [4.69, 9.17) is 19.3 Å². The van der Waals surface area contributed by atoms with Gasteiger partial charge in [-0.2, -0.15) is 0 Å². The van der Waals surface area contributed by atoms with Crippen molar-refractivity contribution in [3.63, 3.8) is 0 Å². The first-order valence-corrected chi connectivity index (χ1v) is 6.18. The molecular weight excluding hydrogens is 274 g/mol. The highest BCUT2D eigenvalue weighted by atomic mass is 16.5. The fourth-order valence-electron chi connectivity index (χ4n) is 1.73. The third kappa shape index (κ3) is 3.62. The van der Waals surface area contributed by atoms with Crippen molar-refractivity contribution in [3.05, 3.63) is 47.7 Å². The number of ether oxygens (including phenoxy) is 3. The summed E-state index contributed by atoms with van der Waals surface area (Å²) in [6.45, 7) is 0.130. The van der Waals surface area contributed by atoms with Crippen molar-refractivity contribution in [3.8, 4) is 17.4 Å². The summed E-state index contributed by atoms with van der Waals surface area (Å²) in [6, 6.07) is 9.81. The lowest BCUT2D eigenvalue weighted by Crippen LogP contribution is -2.05. The summed E-state index contributed by atoms with van der Waals surface area (Å²) in [5.41, 5.74) is 0.701. The van der Waals surface area contributed by atoms with Crippen LogP contribution in [-0.2, 0) is 6.61 Å². The van der Waals surface area contributed by atoms with Crippen molar-refractivity contribution in [1.29, 1.82) is 0 Å². The number of carboxylic acid groups (broad SMARTS) is 1. The van der Waals surface area contributed by atoms with E-state index in [-0.39, 0.29) is 17.9 Å². The molecule has 0 fully saturated rings. The number of pyridine rings is 1. The largest absolute Gasteiger partial charge is 0.497 e. The molecule has 21 heavy (non-hydrogen) atoms. The van der Waals surface area contributed by atoms with Crippen LogP contribution in [0.1, 0.15) is 16.1 Å². The van der Waals surface area contributed by atoms with Gasteiger partial charge in [-0.3, -0.25) is 0 Å². The predicted octanol–water partition coefficient (Wildman–Crippen LogP) is 2.38. The molecule has 0 aliphatic heterocycles. The van der Waals surface area contributed by atoms with Gasteiger partial charge in [0.1, 0.15) is 23.7 Å². The first kappa shape index (κ1) is 14.6. The van der Waals surface area contributed by atoms with Crippen LogP contribution in [0.3, 0.4) is 0 Å². The third-order valence-corrected chi connectivity index (χ3v) is 2.79. The molecule has 110 valence electrons. The summed E-state index contributed by atoms with van der Waals surface area (Å²) >= 11 is 0.